The van der Waals surface area contributed by atoms with Crippen molar-refractivity contribution in [3.8, 4) is 0 Å². The highest BCUT2D eigenvalue weighted by Crippen LogP contribution is 2.38. The Labute approximate surface area is 61.8 Å². The van der Waals surface area contributed by atoms with Crippen LogP contribution in [-0.4, -0.2) is 11.2 Å². The fourth-order valence-corrected chi connectivity index (χ4v) is 0.957. The van der Waals surface area contributed by atoms with E-state index in [4.69, 9.17) is 5.73 Å². The van der Waals surface area contributed by atoms with Crippen LogP contribution in [0, 0.1) is 0 Å². The first-order chi connectivity index (χ1) is 4.41. The van der Waals surface area contributed by atoms with Crippen LogP contribution in [0.2, 0.25) is 0 Å². The van der Waals surface area contributed by atoms with Gasteiger partial charge in [0.2, 0.25) is 0 Å². The lowest BCUT2D eigenvalue weighted by Crippen LogP contribution is -2.25. The predicted octanol–water partition coefficient (Wildman–Crippen LogP) is 2.01. The summed E-state index contributed by atoms with van der Waals surface area (Å²) < 4.78 is 12.9. The molecule has 0 aromatic rings. The molecule has 0 aromatic carbocycles. The average molecular weight is 145 g/mol. The molecule has 1 saturated carbocycles. The zero-order valence-corrected chi connectivity index (χ0v) is 6.78. The van der Waals surface area contributed by atoms with Crippen LogP contribution < -0.4 is 5.73 Å². The summed E-state index contributed by atoms with van der Waals surface area (Å²) >= 11 is 0. The molecule has 2 N–H and O–H groups in total. The minimum absolute atomic E-state index is 0.0172. The third-order valence-electron chi connectivity index (χ3n) is 2.11. The molecular weight excluding hydrogens is 129 g/mol. The Hall–Kier alpha value is -0.110. The van der Waals surface area contributed by atoms with E-state index in [-0.39, 0.29) is 5.54 Å². The third kappa shape index (κ3) is 2.65. The van der Waals surface area contributed by atoms with E-state index >= 15 is 0 Å². The van der Waals surface area contributed by atoms with Crippen LogP contribution in [0.4, 0.5) is 4.39 Å². The van der Waals surface area contributed by atoms with Gasteiger partial charge in [0, 0.05) is 5.54 Å². The minimum atomic E-state index is -1.03. The van der Waals surface area contributed by atoms with E-state index < -0.39 is 5.67 Å². The standard InChI is InChI=1S/C8H16FN/c1-7(2,9)3-4-8(10)5-6-8/h3-6,10H2,1-2H3. The van der Waals surface area contributed by atoms with Crippen molar-refractivity contribution in [2.45, 2.75) is 50.7 Å². The predicted molar refractivity (Wildman–Crippen MR) is 40.6 cm³/mol. The molecule has 0 spiro atoms. The minimum Gasteiger partial charge on any atom is -0.325 e. The number of hydrogen-bond acceptors (Lipinski definition) is 1. The van der Waals surface area contributed by atoms with Gasteiger partial charge in [-0.05, 0) is 39.5 Å². The van der Waals surface area contributed by atoms with Crippen molar-refractivity contribution in [3.63, 3.8) is 0 Å². The van der Waals surface area contributed by atoms with Crippen LogP contribution in [0.15, 0.2) is 0 Å². The molecule has 0 radical (unpaired) electrons. The van der Waals surface area contributed by atoms with Crippen molar-refractivity contribution in [2.75, 3.05) is 0 Å². The molecule has 1 aliphatic carbocycles. The van der Waals surface area contributed by atoms with E-state index in [0.717, 1.165) is 19.3 Å². The lowest BCUT2D eigenvalue weighted by molar-refractivity contribution is 0.191. The smallest absolute Gasteiger partial charge is 0.105 e. The van der Waals surface area contributed by atoms with E-state index in [1.807, 2.05) is 0 Å². The van der Waals surface area contributed by atoms with Gasteiger partial charge >= 0.3 is 0 Å². The maximum Gasteiger partial charge on any atom is 0.105 e. The average Bonchev–Trinajstić information content (AvgIpc) is 2.43. The summed E-state index contributed by atoms with van der Waals surface area (Å²) in [7, 11) is 0. The van der Waals surface area contributed by atoms with E-state index in [2.05, 4.69) is 0 Å². The molecule has 1 aliphatic rings. The normalized spacial score (nSPS) is 22.8. The number of nitrogens with two attached hydrogens (primary N) is 1. The number of alkyl halides is 1. The summed E-state index contributed by atoms with van der Waals surface area (Å²) in [6.07, 6.45) is 3.62. The zero-order valence-electron chi connectivity index (χ0n) is 6.78. The lowest BCUT2D eigenvalue weighted by Gasteiger charge is -2.16. The van der Waals surface area contributed by atoms with Gasteiger partial charge in [-0.2, -0.15) is 0 Å². The molecule has 0 aliphatic heterocycles. The van der Waals surface area contributed by atoms with Gasteiger partial charge in [0.25, 0.3) is 0 Å². The summed E-state index contributed by atoms with van der Waals surface area (Å²) in [4.78, 5) is 0. The Morgan fingerprint density at radius 3 is 2.30 bits per heavy atom. The highest BCUT2D eigenvalue weighted by Gasteiger charge is 2.38. The summed E-state index contributed by atoms with van der Waals surface area (Å²) in [6, 6.07) is 0. The molecule has 0 saturated heterocycles. The molecule has 1 rings (SSSR count). The molecule has 2 heteroatoms. The summed E-state index contributed by atoms with van der Waals surface area (Å²) in [6.45, 7) is 3.22. The summed E-state index contributed by atoms with van der Waals surface area (Å²) in [5.74, 6) is 0. The van der Waals surface area contributed by atoms with Crippen LogP contribution in [0.1, 0.15) is 39.5 Å². The van der Waals surface area contributed by atoms with Gasteiger partial charge in [-0.15, -0.1) is 0 Å². The maximum atomic E-state index is 12.9. The van der Waals surface area contributed by atoms with Crippen LogP contribution in [-0.2, 0) is 0 Å². The van der Waals surface area contributed by atoms with Gasteiger partial charge in [-0.1, -0.05) is 0 Å². The lowest BCUT2D eigenvalue weighted by atomic mass is 10.0. The van der Waals surface area contributed by atoms with Crippen molar-refractivity contribution in [3.05, 3.63) is 0 Å². The van der Waals surface area contributed by atoms with E-state index in [1.54, 1.807) is 13.8 Å². The Morgan fingerprint density at radius 1 is 1.50 bits per heavy atom. The van der Waals surface area contributed by atoms with Crippen LogP contribution in [0.5, 0.6) is 0 Å². The first kappa shape index (κ1) is 7.99. The fourth-order valence-electron chi connectivity index (χ4n) is 0.957. The fraction of sp³-hybridized carbons (Fsp3) is 1.00. The second kappa shape index (κ2) is 2.19. The number of halogens is 1. The Morgan fingerprint density at radius 2 is 2.00 bits per heavy atom. The monoisotopic (exact) mass is 145 g/mol. The van der Waals surface area contributed by atoms with Gasteiger partial charge in [0.15, 0.2) is 0 Å². The molecule has 0 aromatic heterocycles. The van der Waals surface area contributed by atoms with E-state index in [9.17, 15) is 4.39 Å². The first-order valence-corrected chi connectivity index (χ1v) is 3.89. The second-order valence-corrected chi connectivity index (χ2v) is 4.08. The van der Waals surface area contributed by atoms with Gasteiger partial charge in [0.1, 0.15) is 5.67 Å². The Bertz CT molecular complexity index is 116. The molecule has 0 heterocycles. The van der Waals surface area contributed by atoms with Crippen LogP contribution >= 0.6 is 0 Å². The Balaban J connectivity index is 2.17. The topological polar surface area (TPSA) is 26.0 Å². The van der Waals surface area contributed by atoms with Crippen molar-refractivity contribution in [1.29, 1.82) is 0 Å². The van der Waals surface area contributed by atoms with Crippen molar-refractivity contribution >= 4 is 0 Å². The van der Waals surface area contributed by atoms with Crippen LogP contribution in [0.3, 0.4) is 0 Å². The van der Waals surface area contributed by atoms with Crippen molar-refractivity contribution < 1.29 is 4.39 Å². The summed E-state index contributed by atoms with van der Waals surface area (Å²) in [5.41, 5.74) is 4.77. The SMILES string of the molecule is CC(C)(F)CCC1(N)CC1. The maximum absolute atomic E-state index is 12.9. The molecular formula is C8H16FN. The van der Waals surface area contributed by atoms with Crippen LogP contribution in [0.25, 0.3) is 0 Å². The highest BCUT2D eigenvalue weighted by atomic mass is 19.1. The molecule has 1 fully saturated rings. The summed E-state index contributed by atoms with van der Waals surface area (Å²) in [5, 5.41) is 0. The van der Waals surface area contributed by atoms with Gasteiger partial charge in [-0.25, -0.2) is 4.39 Å². The number of rotatable bonds is 3. The largest absolute Gasteiger partial charge is 0.325 e. The van der Waals surface area contributed by atoms with E-state index in [1.165, 1.54) is 0 Å². The zero-order chi connectivity index (χ0) is 7.83. The second-order valence-electron chi connectivity index (χ2n) is 4.08. The molecule has 0 bridgehead atoms. The quantitative estimate of drug-likeness (QED) is 0.646. The molecule has 0 atom stereocenters. The molecule has 0 amide bonds. The molecule has 0 unspecified atom stereocenters. The van der Waals surface area contributed by atoms with Crippen molar-refractivity contribution in [2.24, 2.45) is 5.73 Å². The highest BCUT2D eigenvalue weighted by molar-refractivity contribution is 4.99. The molecule has 10 heavy (non-hydrogen) atoms. The Kier molecular flexibility index (Phi) is 1.75. The number of hydrogen-bond donors (Lipinski definition) is 1. The van der Waals surface area contributed by atoms with Gasteiger partial charge in [0.05, 0.1) is 0 Å². The van der Waals surface area contributed by atoms with E-state index in [0.29, 0.717) is 6.42 Å². The first-order valence-electron chi connectivity index (χ1n) is 3.89. The van der Waals surface area contributed by atoms with Gasteiger partial charge < -0.3 is 5.73 Å². The molecule has 1 nitrogen and oxygen atoms in total. The van der Waals surface area contributed by atoms with Crippen molar-refractivity contribution in [1.82, 2.24) is 0 Å². The molecule has 60 valence electrons. The third-order valence-corrected chi connectivity index (χ3v) is 2.11. The van der Waals surface area contributed by atoms with Gasteiger partial charge in [-0.3, -0.25) is 0 Å².